The average molecular weight is 334 g/mol. The number of amides is 1. The summed E-state index contributed by atoms with van der Waals surface area (Å²) >= 11 is 0. The quantitative estimate of drug-likeness (QED) is 0.832. The highest BCUT2D eigenvalue weighted by atomic mass is 32.2. The van der Waals surface area contributed by atoms with E-state index in [1.807, 2.05) is 0 Å². The van der Waals surface area contributed by atoms with E-state index in [0.717, 1.165) is 5.56 Å². The minimum atomic E-state index is -3.68. The lowest BCUT2D eigenvalue weighted by molar-refractivity contribution is 0.0954. The second-order valence-electron chi connectivity index (χ2n) is 4.92. The van der Waals surface area contributed by atoms with Crippen LogP contribution in [0.2, 0.25) is 0 Å². The number of ether oxygens (including phenoxy) is 1. The van der Waals surface area contributed by atoms with Gasteiger partial charge in [0.15, 0.2) is 0 Å². The molecule has 0 unspecified atom stereocenters. The first-order valence-corrected chi connectivity index (χ1v) is 8.49. The highest BCUT2D eigenvalue weighted by molar-refractivity contribution is 7.89. The van der Waals surface area contributed by atoms with E-state index in [4.69, 9.17) is 9.88 Å². The summed E-state index contributed by atoms with van der Waals surface area (Å²) in [5, 5.41) is 7.85. The molecule has 2 aromatic carbocycles. The van der Waals surface area contributed by atoms with Gasteiger partial charge in [-0.1, -0.05) is 12.1 Å². The summed E-state index contributed by atoms with van der Waals surface area (Å²) < 4.78 is 27.4. The first-order chi connectivity index (χ1) is 10.9. The predicted octanol–water partition coefficient (Wildman–Crippen LogP) is 1.32. The van der Waals surface area contributed by atoms with E-state index in [1.165, 1.54) is 12.1 Å². The second kappa shape index (κ2) is 7.26. The van der Waals surface area contributed by atoms with Crippen LogP contribution >= 0.6 is 0 Å². The number of hydrogen-bond donors (Lipinski definition) is 2. The Morgan fingerprint density at radius 3 is 2.22 bits per heavy atom. The number of methoxy groups -OCH3 is 1. The molecule has 1 amide bonds. The van der Waals surface area contributed by atoms with Crippen LogP contribution in [0.25, 0.3) is 0 Å². The van der Waals surface area contributed by atoms with Crippen molar-refractivity contribution in [2.75, 3.05) is 13.7 Å². The van der Waals surface area contributed by atoms with Crippen LogP contribution in [-0.2, 0) is 16.4 Å². The average Bonchev–Trinajstić information content (AvgIpc) is 2.54. The molecule has 0 aromatic heterocycles. The fraction of sp³-hybridized carbons (Fsp3) is 0.188. The van der Waals surface area contributed by atoms with Gasteiger partial charge in [0.25, 0.3) is 5.91 Å². The number of rotatable bonds is 6. The zero-order valence-electron chi connectivity index (χ0n) is 12.7. The topological polar surface area (TPSA) is 98.5 Å². The Morgan fingerprint density at radius 1 is 1.09 bits per heavy atom. The van der Waals surface area contributed by atoms with Gasteiger partial charge in [0.05, 0.1) is 12.0 Å². The molecule has 3 N–H and O–H groups in total. The van der Waals surface area contributed by atoms with E-state index in [-0.39, 0.29) is 10.8 Å². The molecule has 0 spiro atoms. The standard InChI is InChI=1S/C16H18N2O4S/c1-22-14-6-4-13(5-7-14)16(19)18-11-10-12-2-8-15(9-3-12)23(17,20)21/h2-9H,10-11H2,1H3,(H,18,19)(H2,17,20,21). The smallest absolute Gasteiger partial charge is 0.251 e. The summed E-state index contributed by atoms with van der Waals surface area (Å²) in [5.41, 5.74) is 1.46. The van der Waals surface area contributed by atoms with Crippen LogP contribution in [0.15, 0.2) is 53.4 Å². The number of nitrogens with two attached hydrogens (primary N) is 1. The number of nitrogens with one attached hydrogen (secondary N) is 1. The molecule has 0 fully saturated rings. The highest BCUT2D eigenvalue weighted by Gasteiger charge is 2.07. The number of carbonyl (C=O) groups is 1. The van der Waals surface area contributed by atoms with Gasteiger partial charge >= 0.3 is 0 Å². The third kappa shape index (κ3) is 4.80. The van der Waals surface area contributed by atoms with Gasteiger partial charge in [-0.3, -0.25) is 4.79 Å². The lowest BCUT2D eigenvalue weighted by Gasteiger charge is -2.07. The molecule has 0 radical (unpaired) electrons. The summed E-state index contributed by atoms with van der Waals surface area (Å²) in [4.78, 5) is 12.0. The molecule has 2 rings (SSSR count). The predicted molar refractivity (Wildman–Crippen MR) is 86.8 cm³/mol. The summed E-state index contributed by atoms with van der Waals surface area (Å²) in [6.45, 7) is 0.444. The van der Waals surface area contributed by atoms with Crippen molar-refractivity contribution in [3.8, 4) is 5.75 Å². The Balaban J connectivity index is 1.87. The van der Waals surface area contributed by atoms with E-state index >= 15 is 0 Å². The molecular formula is C16H18N2O4S. The fourth-order valence-electron chi connectivity index (χ4n) is 2.01. The molecule has 0 bridgehead atoms. The normalized spacial score (nSPS) is 11.0. The maximum Gasteiger partial charge on any atom is 0.251 e. The van der Waals surface area contributed by atoms with E-state index in [1.54, 1.807) is 43.5 Å². The van der Waals surface area contributed by atoms with Crippen LogP contribution < -0.4 is 15.2 Å². The zero-order chi connectivity index (χ0) is 16.9. The summed E-state index contributed by atoms with van der Waals surface area (Å²) in [6, 6.07) is 13.1. The first kappa shape index (κ1) is 17.0. The lowest BCUT2D eigenvalue weighted by Crippen LogP contribution is -2.25. The Morgan fingerprint density at radius 2 is 1.70 bits per heavy atom. The van der Waals surface area contributed by atoms with E-state index in [9.17, 15) is 13.2 Å². The Labute approximate surface area is 135 Å². The van der Waals surface area contributed by atoms with Gasteiger partial charge in [0.2, 0.25) is 10.0 Å². The van der Waals surface area contributed by atoms with Gasteiger partial charge in [0, 0.05) is 12.1 Å². The third-order valence-electron chi connectivity index (χ3n) is 3.30. The highest BCUT2D eigenvalue weighted by Crippen LogP contribution is 2.11. The maximum atomic E-state index is 12.0. The van der Waals surface area contributed by atoms with Gasteiger partial charge in [-0.25, -0.2) is 13.6 Å². The van der Waals surface area contributed by atoms with Crippen molar-refractivity contribution in [2.24, 2.45) is 5.14 Å². The number of primary sulfonamides is 1. The molecule has 23 heavy (non-hydrogen) atoms. The van der Waals surface area contributed by atoms with Crippen LogP contribution in [0.3, 0.4) is 0 Å². The maximum absolute atomic E-state index is 12.0. The summed E-state index contributed by atoms with van der Waals surface area (Å²) in [6.07, 6.45) is 0.590. The Bertz CT molecular complexity index is 769. The minimum Gasteiger partial charge on any atom is -0.497 e. The van der Waals surface area contributed by atoms with Crippen molar-refractivity contribution in [2.45, 2.75) is 11.3 Å². The van der Waals surface area contributed by atoms with Crippen LogP contribution in [0.5, 0.6) is 5.75 Å². The van der Waals surface area contributed by atoms with E-state index < -0.39 is 10.0 Å². The fourth-order valence-corrected chi connectivity index (χ4v) is 2.53. The van der Waals surface area contributed by atoms with Gasteiger partial charge < -0.3 is 10.1 Å². The van der Waals surface area contributed by atoms with Crippen molar-refractivity contribution in [3.05, 3.63) is 59.7 Å². The first-order valence-electron chi connectivity index (χ1n) is 6.94. The molecule has 7 heteroatoms. The third-order valence-corrected chi connectivity index (χ3v) is 4.23. The van der Waals surface area contributed by atoms with E-state index in [2.05, 4.69) is 5.32 Å². The Kier molecular flexibility index (Phi) is 5.36. The molecule has 0 aliphatic heterocycles. The zero-order valence-corrected chi connectivity index (χ0v) is 13.5. The van der Waals surface area contributed by atoms with Crippen LogP contribution in [0.1, 0.15) is 15.9 Å². The number of carbonyl (C=O) groups excluding carboxylic acids is 1. The van der Waals surface area contributed by atoms with Crippen molar-refractivity contribution in [3.63, 3.8) is 0 Å². The molecule has 2 aromatic rings. The summed E-state index contributed by atoms with van der Waals surface area (Å²) in [7, 11) is -2.11. The Hall–Kier alpha value is -2.38. The van der Waals surface area contributed by atoms with Gasteiger partial charge in [-0.15, -0.1) is 0 Å². The van der Waals surface area contributed by atoms with Crippen LogP contribution in [-0.4, -0.2) is 28.0 Å². The molecule has 122 valence electrons. The number of benzene rings is 2. The van der Waals surface area contributed by atoms with Crippen LogP contribution in [0, 0.1) is 0 Å². The van der Waals surface area contributed by atoms with Crippen LogP contribution in [0.4, 0.5) is 0 Å². The van der Waals surface area contributed by atoms with Gasteiger partial charge in [-0.2, -0.15) is 0 Å². The largest absolute Gasteiger partial charge is 0.497 e. The molecule has 0 atom stereocenters. The van der Waals surface area contributed by atoms with Crippen molar-refractivity contribution < 1.29 is 17.9 Å². The lowest BCUT2D eigenvalue weighted by atomic mass is 10.1. The SMILES string of the molecule is COc1ccc(C(=O)NCCc2ccc(S(N)(=O)=O)cc2)cc1. The number of sulfonamides is 1. The second-order valence-corrected chi connectivity index (χ2v) is 6.48. The molecule has 0 saturated carbocycles. The van der Waals surface area contributed by atoms with Gasteiger partial charge in [0.1, 0.15) is 5.75 Å². The molecular weight excluding hydrogens is 316 g/mol. The van der Waals surface area contributed by atoms with E-state index in [0.29, 0.717) is 24.3 Å². The molecule has 0 saturated heterocycles. The summed E-state index contributed by atoms with van der Waals surface area (Å²) in [5.74, 6) is 0.519. The van der Waals surface area contributed by atoms with Crippen molar-refractivity contribution in [1.29, 1.82) is 0 Å². The number of hydrogen-bond acceptors (Lipinski definition) is 4. The molecule has 0 heterocycles. The molecule has 6 nitrogen and oxygen atoms in total. The van der Waals surface area contributed by atoms with Crippen molar-refractivity contribution >= 4 is 15.9 Å². The van der Waals surface area contributed by atoms with Crippen molar-refractivity contribution in [1.82, 2.24) is 5.32 Å². The molecule has 0 aliphatic carbocycles. The minimum absolute atomic E-state index is 0.0727. The van der Waals surface area contributed by atoms with Gasteiger partial charge in [-0.05, 0) is 48.4 Å². The molecule has 0 aliphatic rings. The monoisotopic (exact) mass is 334 g/mol.